The van der Waals surface area contributed by atoms with Crippen molar-refractivity contribution in [2.24, 2.45) is 0 Å². The smallest absolute Gasteiger partial charge is 0.0749 e. The second-order valence-electron chi connectivity index (χ2n) is 4.58. The maximum Gasteiger partial charge on any atom is 0.0749 e. The van der Waals surface area contributed by atoms with Crippen molar-refractivity contribution in [1.29, 1.82) is 0 Å². The van der Waals surface area contributed by atoms with Gasteiger partial charge < -0.3 is 5.32 Å². The predicted molar refractivity (Wildman–Crippen MR) is 84.6 cm³/mol. The molecular formula is C16H14BrN3. The molecule has 2 aromatic heterocycles. The van der Waals surface area contributed by atoms with Gasteiger partial charge in [0, 0.05) is 22.3 Å². The van der Waals surface area contributed by atoms with Gasteiger partial charge in [0.2, 0.25) is 0 Å². The zero-order valence-corrected chi connectivity index (χ0v) is 12.6. The molecule has 0 aliphatic rings. The SMILES string of the molecule is CNC(c1ccc2cccnc2c1)c1ccc(Br)cn1. The van der Waals surface area contributed by atoms with Gasteiger partial charge in [0.25, 0.3) is 0 Å². The summed E-state index contributed by atoms with van der Waals surface area (Å²) in [6.45, 7) is 0. The van der Waals surface area contributed by atoms with Crippen LogP contribution in [0.3, 0.4) is 0 Å². The van der Waals surface area contributed by atoms with Crippen LogP contribution in [0, 0.1) is 0 Å². The molecule has 0 bridgehead atoms. The number of hydrogen-bond donors (Lipinski definition) is 1. The van der Waals surface area contributed by atoms with Gasteiger partial charge in [-0.15, -0.1) is 0 Å². The third-order valence-electron chi connectivity index (χ3n) is 3.30. The Morgan fingerprint density at radius 3 is 2.75 bits per heavy atom. The minimum atomic E-state index is 0.0644. The maximum atomic E-state index is 4.48. The van der Waals surface area contributed by atoms with Crippen molar-refractivity contribution in [1.82, 2.24) is 15.3 Å². The van der Waals surface area contributed by atoms with E-state index in [1.54, 1.807) is 0 Å². The minimum Gasteiger partial charge on any atom is -0.308 e. The molecule has 100 valence electrons. The molecule has 4 heteroatoms. The Hall–Kier alpha value is -1.78. The Kier molecular flexibility index (Phi) is 3.76. The van der Waals surface area contributed by atoms with Crippen molar-refractivity contribution in [2.45, 2.75) is 6.04 Å². The summed E-state index contributed by atoms with van der Waals surface area (Å²) in [4.78, 5) is 8.89. The first kappa shape index (κ1) is 13.2. The van der Waals surface area contributed by atoms with Crippen LogP contribution in [-0.2, 0) is 0 Å². The molecular weight excluding hydrogens is 314 g/mol. The first-order valence-electron chi connectivity index (χ1n) is 6.41. The summed E-state index contributed by atoms with van der Waals surface area (Å²) in [6.07, 6.45) is 3.64. The van der Waals surface area contributed by atoms with Crippen LogP contribution in [0.25, 0.3) is 10.9 Å². The third kappa shape index (κ3) is 2.57. The fraction of sp³-hybridized carbons (Fsp3) is 0.125. The first-order valence-corrected chi connectivity index (χ1v) is 7.20. The molecule has 0 amide bonds. The van der Waals surface area contributed by atoms with Crippen molar-refractivity contribution in [3.63, 3.8) is 0 Å². The van der Waals surface area contributed by atoms with Crippen molar-refractivity contribution in [2.75, 3.05) is 7.05 Å². The van der Waals surface area contributed by atoms with Gasteiger partial charge in [0.05, 0.1) is 17.3 Å². The van der Waals surface area contributed by atoms with Gasteiger partial charge in [-0.2, -0.15) is 0 Å². The van der Waals surface area contributed by atoms with Crippen LogP contribution < -0.4 is 5.32 Å². The van der Waals surface area contributed by atoms with Gasteiger partial charge >= 0.3 is 0 Å². The molecule has 1 unspecified atom stereocenters. The molecule has 1 N–H and O–H groups in total. The van der Waals surface area contributed by atoms with Gasteiger partial charge in [-0.1, -0.05) is 18.2 Å². The van der Waals surface area contributed by atoms with Crippen molar-refractivity contribution < 1.29 is 0 Å². The highest BCUT2D eigenvalue weighted by Crippen LogP contribution is 2.24. The summed E-state index contributed by atoms with van der Waals surface area (Å²) in [5.41, 5.74) is 3.15. The highest BCUT2D eigenvalue weighted by Gasteiger charge is 2.13. The lowest BCUT2D eigenvalue weighted by molar-refractivity contribution is 0.671. The van der Waals surface area contributed by atoms with E-state index in [0.717, 1.165) is 26.6 Å². The number of nitrogens with one attached hydrogen (secondary N) is 1. The Labute approximate surface area is 126 Å². The second-order valence-corrected chi connectivity index (χ2v) is 5.49. The first-order chi connectivity index (χ1) is 9.78. The molecule has 0 spiro atoms. The fourth-order valence-electron chi connectivity index (χ4n) is 2.31. The maximum absolute atomic E-state index is 4.48. The quantitative estimate of drug-likeness (QED) is 0.797. The molecule has 1 atom stereocenters. The monoisotopic (exact) mass is 327 g/mol. The van der Waals surface area contributed by atoms with Crippen LogP contribution in [0.1, 0.15) is 17.3 Å². The Balaban J connectivity index is 2.04. The lowest BCUT2D eigenvalue weighted by atomic mass is 10.0. The molecule has 3 nitrogen and oxygen atoms in total. The molecule has 3 rings (SSSR count). The largest absolute Gasteiger partial charge is 0.308 e. The summed E-state index contributed by atoms with van der Waals surface area (Å²) in [7, 11) is 1.94. The Morgan fingerprint density at radius 1 is 1.10 bits per heavy atom. The van der Waals surface area contributed by atoms with Gasteiger partial charge in [0.1, 0.15) is 0 Å². The van der Waals surface area contributed by atoms with Crippen molar-refractivity contribution >= 4 is 26.8 Å². The minimum absolute atomic E-state index is 0.0644. The van der Waals surface area contributed by atoms with E-state index in [-0.39, 0.29) is 6.04 Å². The van der Waals surface area contributed by atoms with Crippen LogP contribution in [0.15, 0.2) is 59.3 Å². The summed E-state index contributed by atoms with van der Waals surface area (Å²) in [6, 6.07) is 14.4. The van der Waals surface area contributed by atoms with E-state index in [0.29, 0.717) is 0 Å². The summed E-state index contributed by atoms with van der Waals surface area (Å²) < 4.78 is 0.983. The normalized spacial score (nSPS) is 12.5. The number of rotatable bonds is 3. The van der Waals surface area contributed by atoms with E-state index in [9.17, 15) is 0 Å². The van der Waals surface area contributed by atoms with Gasteiger partial charge in [-0.05, 0) is 52.8 Å². The van der Waals surface area contributed by atoms with Gasteiger partial charge in [-0.25, -0.2) is 0 Å². The highest BCUT2D eigenvalue weighted by molar-refractivity contribution is 9.10. The zero-order chi connectivity index (χ0) is 13.9. The van der Waals surface area contributed by atoms with E-state index < -0.39 is 0 Å². The molecule has 0 aliphatic carbocycles. The average Bonchev–Trinajstić information content (AvgIpc) is 2.50. The Morgan fingerprint density at radius 2 is 2.00 bits per heavy atom. The zero-order valence-electron chi connectivity index (χ0n) is 11.0. The van der Waals surface area contributed by atoms with Crippen molar-refractivity contribution in [3.05, 3.63) is 70.6 Å². The van der Waals surface area contributed by atoms with E-state index in [1.165, 1.54) is 0 Å². The van der Waals surface area contributed by atoms with Crippen LogP contribution in [0.4, 0.5) is 0 Å². The highest BCUT2D eigenvalue weighted by atomic mass is 79.9. The number of halogens is 1. The van der Waals surface area contributed by atoms with E-state index in [4.69, 9.17) is 0 Å². The third-order valence-corrected chi connectivity index (χ3v) is 3.77. The summed E-state index contributed by atoms with van der Waals surface area (Å²) in [5, 5.41) is 4.46. The second kappa shape index (κ2) is 5.69. The topological polar surface area (TPSA) is 37.8 Å². The molecule has 0 radical (unpaired) electrons. The fourth-order valence-corrected chi connectivity index (χ4v) is 2.54. The number of pyridine rings is 2. The lowest BCUT2D eigenvalue weighted by Gasteiger charge is -2.16. The van der Waals surface area contributed by atoms with E-state index in [2.05, 4.69) is 55.5 Å². The molecule has 0 aliphatic heterocycles. The molecule has 0 saturated heterocycles. The van der Waals surface area contributed by atoms with E-state index >= 15 is 0 Å². The lowest BCUT2D eigenvalue weighted by Crippen LogP contribution is -2.18. The number of fused-ring (bicyclic) bond motifs is 1. The average molecular weight is 328 g/mol. The van der Waals surface area contributed by atoms with Crippen molar-refractivity contribution in [3.8, 4) is 0 Å². The van der Waals surface area contributed by atoms with Crippen LogP contribution in [0.2, 0.25) is 0 Å². The number of nitrogens with zero attached hydrogens (tertiary/aromatic N) is 2. The predicted octanol–water partition coefficient (Wildman–Crippen LogP) is 3.70. The Bertz CT molecular complexity index is 725. The van der Waals surface area contributed by atoms with Crippen LogP contribution in [0.5, 0.6) is 0 Å². The molecule has 0 saturated carbocycles. The number of aromatic nitrogens is 2. The summed E-state index contributed by atoms with van der Waals surface area (Å²) in [5.74, 6) is 0. The van der Waals surface area contributed by atoms with Gasteiger partial charge in [0.15, 0.2) is 0 Å². The molecule has 3 aromatic rings. The standard InChI is InChI=1S/C16H14BrN3/c1-18-16(14-7-6-13(17)10-20-14)12-5-4-11-3-2-8-19-15(11)9-12/h2-10,16,18H,1H3. The van der Waals surface area contributed by atoms with Gasteiger partial charge in [-0.3, -0.25) is 9.97 Å². The summed E-state index contributed by atoms with van der Waals surface area (Å²) >= 11 is 3.41. The van der Waals surface area contributed by atoms with Crippen LogP contribution in [-0.4, -0.2) is 17.0 Å². The van der Waals surface area contributed by atoms with Crippen LogP contribution >= 0.6 is 15.9 Å². The molecule has 20 heavy (non-hydrogen) atoms. The number of benzene rings is 1. The van der Waals surface area contributed by atoms with E-state index in [1.807, 2.05) is 37.6 Å². The molecule has 0 fully saturated rings. The molecule has 1 aromatic carbocycles. The number of hydrogen-bond acceptors (Lipinski definition) is 3. The molecule has 2 heterocycles.